The molecule has 0 aromatic heterocycles. The van der Waals surface area contributed by atoms with Crippen LogP contribution in [0.2, 0.25) is 0 Å². The summed E-state index contributed by atoms with van der Waals surface area (Å²) in [5.41, 5.74) is 0. The molecule has 3 rings (SSSR count). The molecule has 0 saturated carbocycles. The number of methoxy groups -OCH3 is 1. The highest BCUT2D eigenvalue weighted by Gasteiger charge is 2.57. The molecule has 2 fully saturated rings. The summed E-state index contributed by atoms with van der Waals surface area (Å²) in [5, 5.41) is 0. The second-order valence-corrected chi connectivity index (χ2v) is 7.63. The fourth-order valence-corrected chi connectivity index (χ4v) is 4.14. The minimum absolute atomic E-state index is 0.343. The van der Waals surface area contributed by atoms with Crippen molar-refractivity contribution >= 4 is 17.7 Å². The second kappa shape index (κ2) is 7.63. The summed E-state index contributed by atoms with van der Waals surface area (Å²) in [5.74, 6) is -0.514. The zero-order valence-corrected chi connectivity index (χ0v) is 15.7. The maximum atomic E-state index is 11.6. The Balaban J connectivity index is 1.71. The van der Waals surface area contributed by atoms with Gasteiger partial charge in [-0.05, 0) is 26.0 Å². The van der Waals surface area contributed by atoms with Crippen molar-refractivity contribution < 1.29 is 28.5 Å². The Morgan fingerprint density at radius 2 is 2.00 bits per heavy atom. The number of hydrogen-bond acceptors (Lipinski definition) is 7. The number of fused-ring (bicyclic) bond motifs is 1. The average Bonchev–Trinajstić information content (AvgIpc) is 3.03. The molecular formula is C18H24O6S. The van der Waals surface area contributed by atoms with Gasteiger partial charge in [-0.15, -0.1) is 11.8 Å². The van der Waals surface area contributed by atoms with Crippen LogP contribution in [-0.2, 0) is 28.5 Å². The lowest BCUT2D eigenvalue weighted by Crippen LogP contribution is -2.44. The molecule has 0 amide bonds. The Kier molecular flexibility index (Phi) is 5.70. The average molecular weight is 368 g/mol. The largest absolute Gasteiger partial charge is 0.459 e. The van der Waals surface area contributed by atoms with Crippen LogP contribution in [0, 0.1) is 0 Å². The van der Waals surface area contributed by atoms with E-state index in [-0.39, 0.29) is 18.2 Å². The Morgan fingerprint density at radius 3 is 2.64 bits per heavy atom. The Morgan fingerprint density at radius 1 is 1.28 bits per heavy atom. The molecule has 0 aliphatic carbocycles. The predicted octanol–water partition coefficient (Wildman–Crippen LogP) is 2.60. The van der Waals surface area contributed by atoms with E-state index in [0.29, 0.717) is 5.75 Å². The maximum Gasteiger partial charge on any atom is 0.303 e. The van der Waals surface area contributed by atoms with Crippen molar-refractivity contribution in [3.05, 3.63) is 30.3 Å². The molecule has 2 aliphatic rings. The zero-order valence-electron chi connectivity index (χ0n) is 14.8. The highest BCUT2D eigenvalue weighted by atomic mass is 32.2. The first-order chi connectivity index (χ1) is 11.9. The fourth-order valence-electron chi connectivity index (χ4n) is 3.18. The first-order valence-electron chi connectivity index (χ1n) is 8.28. The van der Waals surface area contributed by atoms with E-state index in [0.717, 1.165) is 4.90 Å². The molecule has 0 radical (unpaired) electrons. The molecule has 1 aromatic rings. The van der Waals surface area contributed by atoms with Gasteiger partial charge in [-0.2, -0.15) is 0 Å². The van der Waals surface area contributed by atoms with Crippen molar-refractivity contribution in [3.8, 4) is 0 Å². The highest BCUT2D eigenvalue weighted by molar-refractivity contribution is 7.99. The van der Waals surface area contributed by atoms with E-state index < -0.39 is 24.3 Å². The Bertz CT molecular complexity index is 592. The quantitative estimate of drug-likeness (QED) is 0.565. The summed E-state index contributed by atoms with van der Waals surface area (Å²) in [6, 6.07) is 9.94. The van der Waals surface area contributed by atoms with Gasteiger partial charge in [-0.1, -0.05) is 18.2 Å². The number of thioether (sulfide) groups is 1. The topological polar surface area (TPSA) is 63.2 Å². The molecule has 25 heavy (non-hydrogen) atoms. The summed E-state index contributed by atoms with van der Waals surface area (Å²) >= 11 is 1.60. The summed E-state index contributed by atoms with van der Waals surface area (Å²) in [6.07, 6.45) is -2.15. The third-order valence-electron chi connectivity index (χ3n) is 4.14. The van der Waals surface area contributed by atoms with Crippen LogP contribution in [0.5, 0.6) is 0 Å². The lowest BCUT2D eigenvalue weighted by molar-refractivity contribution is -0.228. The van der Waals surface area contributed by atoms with E-state index in [1.54, 1.807) is 18.9 Å². The SMILES string of the molecule is COC1C(C(CSc2ccccc2)OC(C)=O)OC2OC(C)(C)OC21. The van der Waals surface area contributed by atoms with E-state index in [2.05, 4.69) is 0 Å². The van der Waals surface area contributed by atoms with Crippen LogP contribution in [-0.4, -0.2) is 55.3 Å². The first-order valence-corrected chi connectivity index (χ1v) is 9.27. The summed E-state index contributed by atoms with van der Waals surface area (Å²) < 4.78 is 28.8. The second-order valence-electron chi connectivity index (χ2n) is 6.54. The molecule has 2 aliphatic heterocycles. The minimum Gasteiger partial charge on any atom is -0.459 e. The first kappa shape index (κ1) is 18.7. The van der Waals surface area contributed by atoms with Crippen molar-refractivity contribution in [2.24, 2.45) is 0 Å². The van der Waals surface area contributed by atoms with Gasteiger partial charge in [0, 0.05) is 24.7 Å². The zero-order chi connectivity index (χ0) is 18.0. The molecule has 2 saturated heterocycles. The molecule has 138 valence electrons. The van der Waals surface area contributed by atoms with Crippen LogP contribution >= 0.6 is 11.8 Å². The molecule has 0 spiro atoms. The Labute approximate surface area is 152 Å². The number of hydrogen-bond donors (Lipinski definition) is 0. The van der Waals surface area contributed by atoms with E-state index in [1.165, 1.54) is 6.92 Å². The molecule has 5 atom stereocenters. The van der Waals surface area contributed by atoms with Gasteiger partial charge in [-0.3, -0.25) is 4.79 Å². The van der Waals surface area contributed by atoms with Crippen molar-refractivity contribution in [1.29, 1.82) is 0 Å². The van der Waals surface area contributed by atoms with E-state index in [9.17, 15) is 4.79 Å². The molecule has 2 heterocycles. The fraction of sp³-hybridized carbons (Fsp3) is 0.611. The molecule has 7 heteroatoms. The lowest BCUT2D eigenvalue weighted by atomic mass is 10.1. The normalized spacial score (nSPS) is 31.5. The van der Waals surface area contributed by atoms with Crippen molar-refractivity contribution in [2.45, 2.75) is 62.2 Å². The number of rotatable bonds is 6. The van der Waals surface area contributed by atoms with Gasteiger partial charge in [-0.25, -0.2) is 0 Å². The van der Waals surface area contributed by atoms with Gasteiger partial charge in [0.25, 0.3) is 0 Å². The van der Waals surface area contributed by atoms with Crippen LogP contribution in [0.25, 0.3) is 0 Å². The number of carbonyl (C=O) groups excluding carboxylic acids is 1. The van der Waals surface area contributed by atoms with Gasteiger partial charge >= 0.3 is 5.97 Å². The minimum atomic E-state index is -0.715. The standard InChI is InChI=1S/C18H24O6S/c1-11(19)21-13(10-25-12-8-6-5-7-9-12)14-15(20-4)16-17(22-14)24-18(2,3)23-16/h5-9,13-17H,10H2,1-4H3. The summed E-state index contributed by atoms with van der Waals surface area (Å²) in [4.78, 5) is 12.7. The van der Waals surface area contributed by atoms with Gasteiger partial charge < -0.3 is 23.7 Å². The third-order valence-corrected chi connectivity index (χ3v) is 5.24. The number of ether oxygens (including phenoxy) is 5. The summed E-state index contributed by atoms with van der Waals surface area (Å²) in [7, 11) is 1.60. The molecular weight excluding hydrogens is 344 g/mol. The smallest absolute Gasteiger partial charge is 0.303 e. The molecule has 6 nitrogen and oxygen atoms in total. The molecule has 0 bridgehead atoms. The predicted molar refractivity (Wildman–Crippen MR) is 92.2 cm³/mol. The molecule has 5 unspecified atom stereocenters. The number of esters is 1. The molecule has 1 aromatic carbocycles. The van der Waals surface area contributed by atoms with Crippen LogP contribution in [0.3, 0.4) is 0 Å². The van der Waals surface area contributed by atoms with Crippen LogP contribution in [0.15, 0.2) is 35.2 Å². The highest BCUT2D eigenvalue weighted by Crippen LogP contribution is 2.40. The van der Waals surface area contributed by atoms with Crippen LogP contribution in [0.4, 0.5) is 0 Å². The monoisotopic (exact) mass is 368 g/mol. The van der Waals surface area contributed by atoms with Gasteiger partial charge in [0.2, 0.25) is 0 Å². The van der Waals surface area contributed by atoms with Gasteiger partial charge in [0.1, 0.15) is 24.4 Å². The van der Waals surface area contributed by atoms with Crippen LogP contribution < -0.4 is 0 Å². The van der Waals surface area contributed by atoms with Crippen molar-refractivity contribution in [2.75, 3.05) is 12.9 Å². The lowest BCUT2D eigenvalue weighted by Gasteiger charge is -2.29. The number of benzene rings is 1. The van der Waals surface area contributed by atoms with Crippen LogP contribution in [0.1, 0.15) is 20.8 Å². The third kappa shape index (κ3) is 4.35. The van der Waals surface area contributed by atoms with E-state index in [1.807, 2.05) is 44.2 Å². The Hall–Kier alpha value is -1.12. The van der Waals surface area contributed by atoms with E-state index >= 15 is 0 Å². The maximum absolute atomic E-state index is 11.6. The molecule has 0 N–H and O–H groups in total. The van der Waals surface area contributed by atoms with Crippen molar-refractivity contribution in [3.63, 3.8) is 0 Å². The van der Waals surface area contributed by atoms with Gasteiger partial charge in [0.05, 0.1) is 0 Å². The summed E-state index contributed by atoms with van der Waals surface area (Å²) in [6.45, 7) is 5.07. The van der Waals surface area contributed by atoms with Crippen molar-refractivity contribution in [1.82, 2.24) is 0 Å². The van der Waals surface area contributed by atoms with Gasteiger partial charge in [0.15, 0.2) is 12.1 Å². The number of carbonyl (C=O) groups is 1. The van der Waals surface area contributed by atoms with E-state index in [4.69, 9.17) is 23.7 Å².